The molecule has 1 aromatic carbocycles. The number of nitrogens with zero attached hydrogens (tertiary/aromatic N) is 2. The molecule has 0 saturated heterocycles. The van der Waals surface area contributed by atoms with Crippen LogP contribution in [-0.4, -0.2) is 19.9 Å². The number of nitrogens with two attached hydrogens (primary N) is 1. The number of anilines is 1. The first kappa shape index (κ1) is 12.6. The molecule has 0 aliphatic heterocycles. The fourth-order valence-corrected chi connectivity index (χ4v) is 1.43. The van der Waals surface area contributed by atoms with Gasteiger partial charge in [-0.2, -0.15) is 0 Å². The third kappa shape index (κ3) is 2.99. The molecule has 16 heavy (non-hydrogen) atoms. The van der Waals surface area contributed by atoms with Crippen LogP contribution in [0.1, 0.15) is 19.4 Å². The smallest absolute Gasteiger partial charge is 0.102 e. The van der Waals surface area contributed by atoms with Gasteiger partial charge in [0, 0.05) is 25.7 Å². The predicted octanol–water partition coefficient (Wildman–Crippen LogP) is 2.71. The van der Waals surface area contributed by atoms with Crippen molar-refractivity contribution >= 4 is 17.2 Å². The molecule has 0 aliphatic rings. The Labute approximate surface area is 98.0 Å². The SMILES string of the molecule is Cc1ccc(N=C(N)C(C)C)cc1N(C)C. The summed E-state index contributed by atoms with van der Waals surface area (Å²) < 4.78 is 0. The molecule has 3 heteroatoms. The summed E-state index contributed by atoms with van der Waals surface area (Å²) in [6.07, 6.45) is 0. The Bertz CT molecular complexity index is 392. The van der Waals surface area contributed by atoms with Crippen molar-refractivity contribution in [2.45, 2.75) is 20.8 Å². The molecule has 0 amide bonds. The molecular formula is C13H21N3. The van der Waals surface area contributed by atoms with E-state index in [1.54, 1.807) is 0 Å². The van der Waals surface area contributed by atoms with Gasteiger partial charge in [-0.1, -0.05) is 19.9 Å². The molecule has 0 saturated carbocycles. The predicted molar refractivity (Wildman–Crippen MR) is 71.6 cm³/mol. The molecule has 0 atom stereocenters. The number of aliphatic imine (C=N–C) groups is 1. The van der Waals surface area contributed by atoms with Crippen molar-refractivity contribution < 1.29 is 0 Å². The summed E-state index contributed by atoms with van der Waals surface area (Å²) in [4.78, 5) is 6.49. The average Bonchev–Trinajstić information content (AvgIpc) is 2.20. The van der Waals surface area contributed by atoms with Gasteiger partial charge in [-0.25, -0.2) is 4.99 Å². The van der Waals surface area contributed by atoms with Crippen molar-refractivity contribution in [2.75, 3.05) is 19.0 Å². The van der Waals surface area contributed by atoms with Gasteiger partial charge in [0.1, 0.15) is 5.84 Å². The molecule has 0 fully saturated rings. The van der Waals surface area contributed by atoms with E-state index in [-0.39, 0.29) is 5.92 Å². The Morgan fingerprint density at radius 1 is 1.31 bits per heavy atom. The van der Waals surface area contributed by atoms with Crippen LogP contribution in [0.3, 0.4) is 0 Å². The zero-order valence-electron chi connectivity index (χ0n) is 10.8. The standard InChI is InChI=1S/C13H21N3/c1-9(2)13(14)15-11-7-6-10(3)12(8-11)16(4)5/h6-9H,1-5H3,(H2,14,15). The Balaban J connectivity index is 3.09. The molecule has 0 unspecified atom stereocenters. The minimum absolute atomic E-state index is 0.282. The van der Waals surface area contributed by atoms with Crippen LogP contribution in [0, 0.1) is 12.8 Å². The van der Waals surface area contributed by atoms with E-state index in [1.165, 1.54) is 11.3 Å². The number of rotatable bonds is 3. The zero-order chi connectivity index (χ0) is 12.3. The van der Waals surface area contributed by atoms with Crippen LogP contribution in [0.2, 0.25) is 0 Å². The molecule has 1 aromatic rings. The third-order valence-corrected chi connectivity index (χ3v) is 2.52. The van der Waals surface area contributed by atoms with E-state index in [2.05, 4.69) is 28.9 Å². The van der Waals surface area contributed by atoms with Crippen LogP contribution in [-0.2, 0) is 0 Å². The van der Waals surface area contributed by atoms with E-state index in [4.69, 9.17) is 5.73 Å². The number of hydrogen-bond acceptors (Lipinski definition) is 2. The number of aryl methyl sites for hydroxylation is 1. The topological polar surface area (TPSA) is 41.6 Å². The van der Waals surface area contributed by atoms with Gasteiger partial charge in [0.05, 0.1) is 5.69 Å². The normalized spacial score (nSPS) is 12.0. The molecule has 0 aliphatic carbocycles. The van der Waals surface area contributed by atoms with Crippen molar-refractivity contribution in [2.24, 2.45) is 16.6 Å². The lowest BCUT2D eigenvalue weighted by Crippen LogP contribution is -2.18. The Kier molecular flexibility index (Phi) is 3.93. The van der Waals surface area contributed by atoms with E-state index in [9.17, 15) is 0 Å². The number of benzene rings is 1. The first-order valence-electron chi connectivity index (χ1n) is 5.54. The quantitative estimate of drug-likeness (QED) is 0.627. The summed E-state index contributed by atoms with van der Waals surface area (Å²) in [6.45, 7) is 6.17. The van der Waals surface area contributed by atoms with E-state index in [1.807, 2.05) is 34.0 Å². The molecule has 1 rings (SSSR count). The van der Waals surface area contributed by atoms with Crippen LogP contribution >= 0.6 is 0 Å². The van der Waals surface area contributed by atoms with E-state index >= 15 is 0 Å². The number of hydrogen-bond donors (Lipinski definition) is 1. The Morgan fingerprint density at radius 2 is 1.94 bits per heavy atom. The monoisotopic (exact) mass is 219 g/mol. The molecule has 0 heterocycles. The van der Waals surface area contributed by atoms with Crippen molar-refractivity contribution in [1.82, 2.24) is 0 Å². The van der Waals surface area contributed by atoms with Gasteiger partial charge >= 0.3 is 0 Å². The maximum absolute atomic E-state index is 5.85. The number of amidine groups is 1. The summed E-state index contributed by atoms with van der Waals surface area (Å²) >= 11 is 0. The van der Waals surface area contributed by atoms with Crippen molar-refractivity contribution in [3.05, 3.63) is 23.8 Å². The highest BCUT2D eigenvalue weighted by Crippen LogP contribution is 2.24. The fraction of sp³-hybridized carbons (Fsp3) is 0.462. The van der Waals surface area contributed by atoms with Gasteiger partial charge in [0.2, 0.25) is 0 Å². The van der Waals surface area contributed by atoms with E-state index < -0.39 is 0 Å². The molecule has 3 nitrogen and oxygen atoms in total. The first-order chi connectivity index (χ1) is 7.41. The highest BCUT2D eigenvalue weighted by molar-refractivity contribution is 5.85. The van der Waals surface area contributed by atoms with Crippen molar-refractivity contribution in [3.63, 3.8) is 0 Å². The zero-order valence-corrected chi connectivity index (χ0v) is 10.8. The summed E-state index contributed by atoms with van der Waals surface area (Å²) in [7, 11) is 4.06. The second kappa shape index (κ2) is 5.01. The average molecular weight is 219 g/mol. The maximum Gasteiger partial charge on any atom is 0.102 e. The summed E-state index contributed by atoms with van der Waals surface area (Å²) in [6, 6.07) is 6.13. The fourth-order valence-electron chi connectivity index (χ4n) is 1.43. The second-order valence-corrected chi connectivity index (χ2v) is 4.56. The minimum atomic E-state index is 0.282. The lowest BCUT2D eigenvalue weighted by molar-refractivity contribution is 0.873. The summed E-state index contributed by atoms with van der Waals surface area (Å²) in [5.74, 6) is 0.956. The van der Waals surface area contributed by atoms with Gasteiger partial charge in [0.15, 0.2) is 0 Å². The molecule has 0 spiro atoms. The second-order valence-electron chi connectivity index (χ2n) is 4.56. The van der Waals surface area contributed by atoms with Gasteiger partial charge in [-0.3, -0.25) is 0 Å². The largest absolute Gasteiger partial charge is 0.387 e. The van der Waals surface area contributed by atoms with E-state index in [0.717, 1.165) is 5.69 Å². The van der Waals surface area contributed by atoms with Crippen LogP contribution in [0.15, 0.2) is 23.2 Å². The van der Waals surface area contributed by atoms with Crippen molar-refractivity contribution in [1.29, 1.82) is 0 Å². The molecule has 88 valence electrons. The van der Waals surface area contributed by atoms with E-state index in [0.29, 0.717) is 5.84 Å². The molecular weight excluding hydrogens is 198 g/mol. The third-order valence-electron chi connectivity index (χ3n) is 2.52. The van der Waals surface area contributed by atoms with Crippen LogP contribution < -0.4 is 10.6 Å². The highest BCUT2D eigenvalue weighted by Gasteiger charge is 2.03. The van der Waals surface area contributed by atoms with Gasteiger partial charge in [0.25, 0.3) is 0 Å². The molecule has 0 bridgehead atoms. The molecule has 2 N–H and O–H groups in total. The first-order valence-corrected chi connectivity index (χ1v) is 5.54. The maximum atomic E-state index is 5.85. The summed E-state index contributed by atoms with van der Waals surface area (Å²) in [5, 5.41) is 0. The molecule has 0 aromatic heterocycles. The molecule has 0 radical (unpaired) electrons. The Hall–Kier alpha value is -1.51. The highest BCUT2D eigenvalue weighted by atomic mass is 15.1. The van der Waals surface area contributed by atoms with Crippen molar-refractivity contribution in [3.8, 4) is 0 Å². The van der Waals surface area contributed by atoms with Crippen LogP contribution in [0.4, 0.5) is 11.4 Å². The van der Waals surface area contributed by atoms with Crippen LogP contribution in [0.5, 0.6) is 0 Å². The van der Waals surface area contributed by atoms with Crippen LogP contribution in [0.25, 0.3) is 0 Å². The minimum Gasteiger partial charge on any atom is -0.387 e. The lowest BCUT2D eigenvalue weighted by atomic mass is 10.1. The van der Waals surface area contributed by atoms with Gasteiger partial charge in [-0.15, -0.1) is 0 Å². The summed E-state index contributed by atoms with van der Waals surface area (Å²) in [5.41, 5.74) is 9.19. The van der Waals surface area contributed by atoms with Gasteiger partial charge in [-0.05, 0) is 24.6 Å². The van der Waals surface area contributed by atoms with Gasteiger partial charge < -0.3 is 10.6 Å². The Morgan fingerprint density at radius 3 is 2.44 bits per heavy atom. The lowest BCUT2D eigenvalue weighted by Gasteiger charge is -2.16.